The van der Waals surface area contributed by atoms with Crippen LogP contribution in [0.5, 0.6) is 0 Å². The van der Waals surface area contributed by atoms with Gasteiger partial charge in [-0.1, -0.05) is 54.6 Å². The first-order chi connectivity index (χ1) is 12.2. The summed E-state index contributed by atoms with van der Waals surface area (Å²) in [6.45, 7) is 1.32. The second-order valence-corrected chi connectivity index (χ2v) is 5.73. The molecule has 0 unspecified atom stereocenters. The lowest BCUT2D eigenvalue weighted by Crippen LogP contribution is -2.31. The topological polar surface area (TPSA) is 77.8 Å². The number of hydrogen-bond acceptors (Lipinski definition) is 5. The third-order valence-corrected chi connectivity index (χ3v) is 3.99. The molecule has 0 saturated heterocycles. The number of Topliss-reactive ketones (excluding diaryl/α,β-unsaturated/α-hetero) is 1. The van der Waals surface area contributed by atoms with Gasteiger partial charge in [-0.05, 0) is 0 Å². The van der Waals surface area contributed by atoms with Crippen LogP contribution in [-0.2, 0) is 0 Å². The lowest BCUT2D eigenvalue weighted by atomic mass is 10.0. The molecule has 0 aromatic heterocycles. The Hall–Kier alpha value is -2.34. The van der Waals surface area contributed by atoms with Crippen molar-refractivity contribution in [3.63, 3.8) is 0 Å². The lowest BCUT2D eigenvalue weighted by Gasteiger charge is -2.19. The van der Waals surface area contributed by atoms with Crippen molar-refractivity contribution in [1.29, 1.82) is 0 Å². The van der Waals surface area contributed by atoms with Crippen molar-refractivity contribution in [2.75, 3.05) is 32.8 Å². The molecule has 2 N–H and O–H groups in total. The second kappa shape index (κ2) is 9.84. The quantitative estimate of drug-likeness (QED) is 0.644. The minimum Gasteiger partial charge on any atom is -0.395 e. The van der Waals surface area contributed by atoms with E-state index in [9.17, 15) is 9.59 Å². The maximum atomic E-state index is 12.3. The fraction of sp³-hybridized carbons (Fsp3) is 0.300. The van der Waals surface area contributed by atoms with Gasteiger partial charge in [-0.3, -0.25) is 14.5 Å². The average Bonchev–Trinajstić information content (AvgIpc) is 2.66. The zero-order valence-corrected chi connectivity index (χ0v) is 14.1. The Morgan fingerprint density at radius 3 is 1.80 bits per heavy atom. The van der Waals surface area contributed by atoms with E-state index in [2.05, 4.69) is 0 Å². The number of nitrogens with zero attached hydrogens (tertiary/aromatic N) is 1. The molecular weight excluding hydrogens is 318 g/mol. The minimum absolute atomic E-state index is 0.00944. The minimum atomic E-state index is -0.0725. The number of ketones is 2. The van der Waals surface area contributed by atoms with Gasteiger partial charge in [-0.2, -0.15) is 0 Å². The molecule has 0 heterocycles. The van der Waals surface area contributed by atoms with Crippen LogP contribution in [0.25, 0.3) is 0 Å². The van der Waals surface area contributed by atoms with Crippen LogP contribution < -0.4 is 0 Å². The summed E-state index contributed by atoms with van der Waals surface area (Å²) in [7, 11) is 0. The summed E-state index contributed by atoms with van der Waals surface area (Å²) in [4.78, 5) is 26.5. The van der Waals surface area contributed by atoms with E-state index in [1.165, 1.54) is 0 Å². The normalized spacial score (nSPS) is 10.8. The molecule has 0 spiro atoms. The number of hydrogen-bond donors (Lipinski definition) is 2. The summed E-state index contributed by atoms with van der Waals surface area (Å²) < 4.78 is 0. The first-order valence-corrected chi connectivity index (χ1v) is 8.32. The van der Waals surface area contributed by atoms with E-state index in [4.69, 9.17) is 10.2 Å². The SMILES string of the molecule is O=C(CCN(CCO)CCO)c1ccc(C(=O)c2ccccc2)cc1. The van der Waals surface area contributed by atoms with Crippen LogP contribution in [0.2, 0.25) is 0 Å². The van der Waals surface area contributed by atoms with Gasteiger partial charge in [-0.15, -0.1) is 0 Å². The van der Waals surface area contributed by atoms with Crippen molar-refractivity contribution in [3.8, 4) is 0 Å². The molecule has 2 aromatic carbocycles. The largest absolute Gasteiger partial charge is 0.395 e. The average molecular weight is 341 g/mol. The number of aliphatic hydroxyl groups is 2. The van der Waals surface area contributed by atoms with Crippen molar-refractivity contribution in [1.82, 2.24) is 4.90 Å². The fourth-order valence-corrected chi connectivity index (χ4v) is 2.59. The number of carbonyl (C=O) groups is 2. The molecule has 0 amide bonds. The van der Waals surface area contributed by atoms with Gasteiger partial charge in [-0.25, -0.2) is 0 Å². The van der Waals surface area contributed by atoms with Gasteiger partial charge < -0.3 is 10.2 Å². The van der Waals surface area contributed by atoms with Crippen LogP contribution in [0.4, 0.5) is 0 Å². The summed E-state index contributed by atoms with van der Waals surface area (Å²) >= 11 is 0. The Balaban J connectivity index is 1.97. The highest BCUT2D eigenvalue weighted by atomic mass is 16.3. The van der Waals surface area contributed by atoms with E-state index < -0.39 is 0 Å². The molecule has 0 saturated carbocycles. The number of carbonyl (C=O) groups excluding carboxylic acids is 2. The summed E-state index contributed by atoms with van der Waals surface area (Å²) in [5.74, 6) is -0.101. The van der Waals surface area contributed by atoms with Crippen molar-refractivity contribution >= 4 is 11.6 Å². The van der Waals surface area contributed by atoms with Crippen molar-refractivity contribution in [2.24, 2.45) is 0 Å². The van der Waals surface area contributed by atoms with Crippen LogP contribution in [0.1, 0.15) is 32.7 Å². The molecule has 0 aliphatic carbocycles. The summed E-state index contributed by atoms with van der Waals surface area (Å²) in [5, 5.41) is 18.0. The van der Waals surface area contributed by atoms with E-state index in [0.29, 0.717) is 42.7 Å². The molecule has 0 atom stereocenters. The predicted octanol–water partition coefficient (Wildman–Crippen LogP) is 1.78. The van der Waals surface area contributed by atoms with Crippen molar-refractivity contribution < 1.29 is 19.8 Å². The van der Waals surface area contributed by atoms with E-state index >= 15 is 0 Å². The van der Waals surface area contributed by atoms with Gasteiger partial charge in [0.1, 0.15) is 0 Å². The summed E-state index contributed by atoms with van der Waals surface area (Å²) in [5.41, 5.74) is 1.72. The highest BCUT2D eigenvalue weighted by molar-refractivity contribution is 6.09. The van der Waals surface area contributed by atoms with Crippen LogP contribution in [0.3, 0.4) is 0 Å². The van der Waals surface area contributed by atoms with Crippen molar-refractivity contribution in [2.45, 2.75) is 6.42 Å². The van der Waals surface area contributed by atoms with Gasteiger partial charge in [0.15, 0.2) is 11.6 Å². The molecule has 2 aromatic rings. The number of rotatable bonds is 10. The van der Waals surface area contributed by atoms with Crippen LogP contribution in [-0.4, -0.2) is 59.5 Å². The molecular formula is C20H23NO4. The third-order valence-electron chi connectivity index (χ3n) is 3.99. The van der Waals surface area contributed by atoms with E-state index in [-0.39, 0.29) is 24.8 Å². The highest BCUT2D eigenvalue weighted by Crippen LogP contribution is 2.12. The standard InChI is InChI=1S/C20H23NO4/c22-14-12-21(13-15-23)11-10-19(24)16-6-8-18(9-7-16)20(25)17-4-2-1-3-5-17/h1-9,22-23H,10-15H2. The monoisotopic (exact) mass is 341 g/mol. The molecule has 2 rings (SSSR count). The maximum Gasteiger partial charge on any atom is 0.193 e. The predicted molar refractivity (Wildman–Crippen MR) is 95.9 cm³/mol. The zero-order valence-electron chi connectivity index (χ0n) is 14.1. The molecule has 132 valence electrons. The fourth-order valence-electron chi connectivity index (χ4n) is 2.59. The first-order valence-electron chi connectivity index (χ1n) is 8.32. The lowest BCUT2D eigenvalue weighted by molar-refractivity contribution is 0.0945. The Morgan fingerprint density at radius 2 is 1.24 bits per heavy atom. The maximum absolute atomic E-state index is 12.3. The Kier molecular flexibility index (Phi) is 7.47. The second-order valence-electron chi connectivity index (χ2n) is 5.73. The molecule has 5 nitrogen and oxygen atoms in total. The Morgan fingerprint density at radius 1 is 0.720 bits per heavy atom. The molecule has 0 bridgehead atoms. The van der Waals surface area contributed by atoms with Gasteiger partial charge in [0.25, 0.3) is 0 Å². The molecule has 0 fully saturated rings. The highest BCUT2D eigenvalue weighted by Gasteiger charge is 2.12. The van der Waals surface area contributed by atoms with Gasteiger partial charge in [0, 0.05) is 42.7 Å². The summed E-state index contributed by atoms with van der Waals surface area (Å²) in [6, 6.07) is 15.7. The van der Waals surface area contributed by atoms with Gasteiger partial charge >= 0.3 is 0 Å². The van der Waals surface area contributed by atoms with E-state index in [1.807, 2.05) is 23.1 Å². The third kappa shape index (κ3) is 5.60. The molecule has 5 heteroatoms. The van der Waals surface area contributed by atoms with Crippen molar-refractivity contribution in [3.05, 3.63) is 71.3 Å². The summed E-state index contributed by atoms with van der Waals surface area (Å²) in [6.07, 6.45) is 0.298. The number of aliphatic hydroxyl groups excluding tert-OH is 2. The molecule has 0 aliphatic heterocycles. The Bertz CT molecular complexity index is 677. The van der Waals surface area contributed by atoms with Crippen LogP contribution in [0.15, 0.2) is 54.6 Å². The first kappa shape index (κ1) is 19.0. The molecule has 25 heavy (non-hydrogen) atoms. The molecule has 0 radical (unpaired) electrons. The zero-order chi connectivity index (χ0) is 18.1. The van der Waals surface area contributed by atoms with Gasteiger partial charge in [0.2, 0.25) is 0 Å². The Labute approximate surface area is 147 Å². The van der Waals surface area contributed by atoms with Crippen LogP contribution >= 0.6 is 0 Å². The van der Waals surface area contributed by atoms with E-state index in [0.717, 1.165) is 0 Å². The van der Waals surface area contributed by atoms with Crippen LogP contribution in [0, 0.1) is 0 Å². The van der Waals surface area contributed by atoms with Gasteiger partial charge in [0.05, 0.1) is 13.2 Å². The smallest absolute Gasteiger partial charge is 0.193 e. The number of benzene rings is 2. The molecule has 0 aliphatic rings. The van der Waals surface area contributed by atoms with E-state index in [1.54, 1.807) is 36.4 Å².